The van der Waals surface area contributed by atoms with E-state index in [4.69, 9.17) is 9.45 Å². The van der Waals surface area contributed by atoms with Crippen molar-refractivity contribution in [2.75, 3.05) is 12.4 Å². The van der Waals surface area contributed by atoms with Crippen molar-refractivity contribution < 1.29 is 27.0 Å². The highest BCUT2D eigenvalue weighted by Crippen LogP contribution is 2.14. The van der Waals surface area contributed by atoms with Crippen LogP contribution in [0.1, 0.15) is 6.42 Å². The van der Waals surface area contributed by atoms with Gasteiger partial charge in [-0.1, -0.05) is 0 Å². The van der Waals surface area contributed by atoms with Gasteiger partial charge in [0.2, 0.25) is 0 Å². The molecule has 0 radical (unpaired) electrons. The molecule has 0 saturated heterocycles. The van der Waals surface area contributed by atoms with E-state index in [1.807, 2.05) is 0 Å². The van der Waals surface area contributed by atoms with Gasteiger partial charge in [-0.2, -0.15) is 8.42 Å². The molecule has 0 aromatic heterocycles. The fourth-order valence-corrected chi connectivity index (χ4v) is 1.20. The van der Waals surface area contributed by atoms with Crippen LogP contribution in [0.4, 0.5) is 0 Å². The normalized spacial score (nSPS) is 14.7. The van der Waals surface area contributed by atoms with E-state index >= 15 is 0 Å². The lowest BCUT2D eigenvalue weighted by Crippen LogP contribution is -2.05. The van der Waals surface area contributed by atoms with Gasteiger partial charge in [-0.05, 0) is 6.42 Å². The Kier molecular flexibility index (Phi) is 4.87. The van der Waals surface area contributed by atoms with Gasteiger partial charge in [0.05, 0.1) is 12.4 Å². The maximum absolute atomic E-state index is 10.0. The van der Waals surface area contributed by atoms with E-state index in [-0.39, 0.29) is 13.0 Å². The SMILES string of the molecule is O=[PH](O)OCCCS(=O)(=O)O. The Morgan fingerprint density at radius 3 is 2.36 bits per heavy atom. The van der Waals surface area contributed by atoms with Crippen LogP contribution in [-0.4, -0.2) is 30.2 Å². The van der Waals surface area contributed by atoms with Crippen LogP contribution in [-0.2, 0) is 19.2 Å². The molecule has 0 aromatic carbocycles. The second-order valence-electron chi connectivity index (χ2n) is 1.75. The summed E-state index contributed by atoms with van der Waals surface area (Å²) < 4.78 is 42.3. The Bertz CT molecular complexity index is 220. The van der Waals surface area contributed by atoms with E-state index in [0.717, 1.165) is 0 Å². The van der Waals surface area contributed by atoms with E-state index in [1.54, 1.807) is 0 Å². The predicted octanol–water partition coefficient (Wildman–Crippen LogP) is -0.337. The average Bonchev–Trinajstić information content (AvgIpc) is 1.78. The highest BCUT2D eigenvalue weighted by molar-refractivity contribution is 7.85. The third-order valence-electron chi connectivity index (χ3n) is 0.772. The molecule has 0 rings (SSSR count). The molecule has 0 fully saturated rings. The van der Waals surface area contributed by atoms with E-state index in [2.05, 4.69) is 4.52 Å². The molecule has 2 N–H and O–H groups in total. The summed E-state index contributed by atoms with van der Waals surface area (Å²) in [5.41, 5.74) is 0. The largest absolute Gasteiger partial charge is 0.326 e. The van der Waals surface area contributed by atoms with E-state index in [0.29, 0.717) is 0 Å². The second-order valence-corrected chi connectivity index (χ2v) is 4.15. The lowest BCUT2D eigenvalue weighted by Gasteiger charge is -1.97. The molecule has 11 heavy (non-hydrogen) atoms. The van der Waals surface area contributed by atoms with Crippen molar-refractivity contribution in [3.05, 3.63) is 0 Å². The zero-order chi connectivity index (χ0) is 8.91. The fourth-order valence-electron chi connectivity index (χ4n) is 0.401. The molecule has 68 valence electrons. The predicted molar refractivity (Wildman–Crippen MR) is 38.2 cm³/mol. The molecule has 6 nitrogen and oxygen atoms in total. The molecule has 0 aromatic rings. The van der Waals surface area contributed by atoms with Crippen molar-refractivity contribution in [3.63, 3.8) is 0 Å². The first kappa shape index (κ1) is 11.1. The summed E-state index contributed by atoms with van der Waals surface area (Å²) in [6.07, 6.45) is 0.00972. The van der Waals surface area contributed by atoms with Gasteiger partial charge in [-0.25, -0.2) is 0 Å². The summed E-state index contributed by atoms with van der Waals surface area (Å²) in [4.78, 5) is 8.09. The van der Waals surface area contributed by atoms with Gasteiger partial charge in [-0.15, -0.1) is 0 Å². The van der Waals surface area contributed by atoms with E-state index in [1.165, 1.54) is 0 Å². The van der Waals surface area contributed by atoms with Gasteiger partial charge in [-0.3, -0.25) is 9.12 Å². The smallest absolute Gasteiger partial charge is 0.316 e. The minimum absolute atomic E-state index is 0.00972. The molecule has 8 heteroatoms. The Balaban J connectivity index is 3.37. The molecular weight excluding hydrogens is 195 g/mol. The summed E-state index contributed by atoms with van der Waals surface area (Å²) in [5, 5.41) is 0. The highest BCUT2D eigenvalue weighted by atomic mass is 32.2. The standard InChI is InChI=1S/C3H9O6PS/c4-10(5)9-2-1-3-11(6,7)8/h10H,1-3H2,(H,4,5)(H,6,7,8). The van der Waals surface area contributed by atoms with Crippen molar-refractivity contribution in [2.24, 2.45) is 0 Å². The van der Waals surface area contributed by atoms with Gasteiger partial charge >= 0.3 is 8.25 Å². The molecule has 0 bridgehead atoms. The Hall–Kier alpha value is 0.0600. The Morgan fingerprint density at radius 2 is 2.00 bits per heavy atom. The third kappa shape index (κ3) is 10.1. The highest BCUT2D eigenvalue weighted by Gasteiger charge is 2.03. The van der Waals surface area contributed by atoms with Gasteiger partial charge < -0.3 is 9.42 Å². The third-order valence-corrected chi connectivity index (χ3v) is 2.03. The summed E-state index contributed by atoms with van der Waals surface area (Å²) in [7, 11) is -6.95. The van der Waals surface area contributed by atoms with Crippen molar-refractivity contribution in [1.82, 2.24) is 0 Å². The average molecular weight is 204 g/mol. The van der Waals surface area contributed by atoms with Crippen LogP contribution in [0.15, 0.2) is 0 Å². The monoisotopic (exact) mass is 204 g/mol. The summed E-state index contributed by atoms with van der Waals surface area (Å²) in [5.74, 6) is -0.456. The minimum atomic E-state index is -3.97. The first-order valence-electron chi connectivity index (χ1n) is 2.73. The molecule has 0 aliphatic rings. The zero-order valence-electron chi connectivity index (χ0n) is 5.56. The zero-order valence-corrected chi connectivity index (χ0v) is 7.37. The maximum atomic E-state index is 10.0. The molecule has 1 atom stereocenters. The van der Waals surface area contributed by atoms with Crippen molar-refractivity contribution >= 4 is 18.4 Å². The first-order valence-corrected chi connectivity index (χ1v) is 5.60. The van der Waals surface area contributed by atoms with Crippen molar-refractivity contribution in [2.45, 2.75) is 6.42 Å². The van der Waals surface area contributed by atoms with Crippen LogP contribution in [0, 0.1) is 0 Å². The van der Waals surface area contributed by atoms with Crippen LogP contribution in [0.2, 0.25) is 0 Å². The number of hydrogen-bond acceptors (Lipinski definition) is 4. The summed E-state index contributed by atoms with van der Waals surface area (Å²) in [6.45, 7) is -0.145. The van der Waals surface area contributed by atoms with Crippen LogP contribution >= 0.6 is 8.25 Å². The second kappa shape index (κ2) is 4.84. The van der Waals surface area contributed by atoms with Crippen molar-refractivity contribution in [1.29, 1.82) is 0 Å². The number of hydrogen-bond donors (Lipinski definition) is 2. The summed E-state index contributed by atoms with van der Waals surface area (Å²) >= 11 is 0. The topological polar surface area (TPSA) is 101 Å². The Labute approximate surface area is 64.9 Å². The first-order chi connectivity index (χ1) is 4.92. The molecule has 0 heterocycles. The fraction of sp³-hybridized carbons (Fsp3) is 1.00. The molecule has 0 spiro atoms. The van der Waals surface area contributed by atoms with Gasteiger partial charge in [0.15, 0.2) is 0 Å². The molecular formula is C3H9O6PS. The van der Waals surface area contributed by atoms with Gasteiger partial charge in [0.25, 0.3) is 10.1 Å². The number of rotatable bonds is 5. The van der Waals surface area contributed by atoms with Crippen LogP contribution in [0.5, 0.6) is 0 Å². The maximum Gasteiger partial charge on any atom is 0.316 e. The molecule has 0 aliphatic heterocycles. The molecule has 0 amide bonds. The minimum Gasteiger partial charge on any atom is -0.326 e. The Morgan fingerprint density at radius 1 is 1.45 bits per heavy atom. The summed E-state index contributed by atoms with van der Waals surface area (Å²) in [6, 6.07) is 0. The van der Waals surface area contributed by atoms with Gasteiger partial charge in [0, 0.05) is 0 Å². The lowest BCUT2D eigenvalue weighted by atomic mass is 10.5. The van der Waals surface area contributed by atoms with Crippen LogP contribution < -0.4 is 0 Å². The van der Waals surface area contributed by atoms with Crippen molar-refractivity contribution in [3.8, 4) is 0 Å². The molecule has 0 aliphatic carbocycles. The van der Waals surface area contributed by atoms with E-state index in [9.17, 15) is 13.0 Å². The van der Waals surface area contributed by atoms with Crippen LogP contribution in [0.3, 0.4) is 0 Å². The quantitative estimate of drug-likeness (QED) is 0.361. The molecule has 1 unspecified atom stereocenters. The van der Waals surface area contributed by atoms with Crippen LogP contribution in [0.25, 0.3) is 0 Å². The van der Waals surface area contributed by atoms with E-state index < -0.39 is 24.1 Å². The van der Waals surface area contributed by atoms with Gasteiger partial charge in [0.1, 0.15) is 0 Å². The molecule has 0 saturated carbocycles. The lowest BCUT2D eigenvalue weighted by molar-refractivity contribution is 0.281.